The van der Waals surface area contributed by atoms with E-state index in [4.69, 9.17) is 28.3 Å². The maximum absolute atomic E-state index is 12.9. The van der Waals surface area contributed by atoms with Crippen molar-refractivity contribution in [2.75, 3.05) is 25.0 Å². The molecule has 1 amide bonds. The molecule has 1 aliphatic heterocycles. The highest BCUT2D eigenvalue weighted by Gasteiger charge is 2.27. The van der Waals surface area contributed by atoms with Gasteiger partial charge in [0.1, 0.15) is 5.82 Å². The van der Waals surface area contributed by atoms with E-state index in [0.29, 0.717) is 28.8 Å². The fraction of sp³-hybridized carbons (Fsp3) is 0.375. The van der Waals surface area contributed by atoms with Crippen molar-refractivity contribution in [2.45, 2.75) is 38.8 Å². The smallest absolute Gasteiger partial charge is 0.324 e. The minimum atomic E-state index is -0.129. The largest absolute Gasteiger partial charge is 0.346 e. The standard InChI is InChI=1S/C24H27Cl2N5O2/c1-2-30-23(28-31(24(30)33)15-17-7-4-3-5-8-17)18-11-13-29(14-12-18)16-21(32)27-20-10-6-9-19(25)22(20)26/h3-10,18H,2,11-16H2,1H3,(H,27,32). The Hall–Kier alpha value is -2.61. The number of halogens is 2. The fourth-order valence-electron chi connectivity index (χ4n) is 4.26. The van der Waals surface area contributed by atoms with Crippen molar-refractivity contribution < 1.29 is 4.79 Å². The molecule has 0 aliphatic carbocycles. The van der Waals surface area contributed by atoms with E-state index in [0.717, 1.165) is 37.3 Å². The molecule has 9 heteroatoms. The number of carbonyl (C=O) groups excluding carboxylic acids is 1. The van der Waals surface area contributed by atoms with Gasteiger partial charge < -0.3 is 5.32 Å². The van der Waals surface area contributed by atoms with Gasteiger partial charge in [0.2, 0.25) is 5.91 Å². The summed E-state index contributed by atoms with van der Waals surface area (Å²) in [7, 11) is 0. The van der Waals surface area contributed by atoms with E-state index in [1.54, 1.807) is 27.4 Å². The van der Waals surface area contributed by atoms with Crippen molar-refractivity contribution in [1.29, 1.82) is 0 Å². The Kier molecular flexibility index (Phi) is 7.53. The van der Waals surface area contributed by atoms with Crippen molar-refractivity contribution in [3.8, 4) is 0 Å². The summed E-state index contributed by atoms with van der Waals surface area (Å²) >= 11 is 12.2. The van der Waals surface area contributed by atoms with Gasteiger partial charge in [-0.25, -0.2) is 9.48 Å². The van der Waals surface area contributed by atoms with Crippen LogP contribution >= 0.6 is 23.2 Å². The molecule has 2 aromatic carbocycles. The number of rotatable bonds is 7. The number of nitrogens with one attached hydrogen (secondary N) is 1. The number of piperidine rings is 1. The van der Waals surface area contributed by atoms with Gasteiger partial charge in [0.25, 0.3) is 0 Å². The average molecular weight is 488 g/mol. The molecular weight excluding hydrogens is 461 g/mol. The molecule has 0 saturated carbocycles. The van der Waals surface area contributed by atoms with E-state index < -0.39 is 0 Å². The van der Waals surface area contributed by atoms with E-state index in [1.165, 1.54) is 0 Å². The van der Waals surface area contributed by atoms with Crippen molar-refractivity contribution >= 4 is 34.8 Å². The Labute approximate surface area is 202 Å². The van der Waals surface area contributed by atoms with Crippen LogP contribution < -0.4 is 11.0 Å². The van der Waals surface area contributed by atoms with Gasteiger partial charge in [-0.2, -0.15) is 5.10 Å². The monoisotopic (exact) mass is 487 g/mol. The van der Waals surface area contributed by atoms with Gasteiger partial charge in [-0.05, 0) is 50.6 Å². The summed E-state index contributed by atoms with van der Waals surface area (Å²) in [5, 5.41) is 8.29. The van der Waals surface area contributed by atoms with Gasteiger partial charge in [-0.3, -0.25) is 14.3 Å². The number of amides is 1. The van der Waals surface area contributed by atoms with E-state index in [9.17, 15) is 9.59 Å². The lowest BCUT2D eigenvalue weighted by molar-refractivity contribution is -0.117. The van der Waals surface area contributed by atoms with Crippen molar-refractivity contribution in [1.82, 2.24) is 19.2 Å². The fourth-order valence-corrected chi connectivity index (χ4v) is 4.61. The Bertz CT molecular complexity index is 1170. The summed E-state index contributed by atoms with van der Waals surface area (Å²) in [5.74, 6) is 0.903. The molecule has 33 heavy (non-hydrogen) atoms. The van der Waals surface area contributed by atoms with Crippen LogP contribution in [0.1, 0.15) is 37.1 Å². The van der Waals surface area contributed by atoms with Crippen LogP contribution in [0.3, 0.4) is 0 Å². The lowest BCUT2D eigenvalue weighted by atomic mass is 9.96. The summed E-state index contributed by atoms with van der Waals surface area (Å²) in [6.07, 6.45) is 1.68. The lowest BCUT2D eigenvalue weighted by Gasteiger charge is -2.31. The first-order chi connectivity index (χ1) is 16.0. The molecule has 1 saturated heterocycles. The first kappa shape index (κ1) is 23.5. The van der Waals surface area contributed by atoms with Gasteiger partial charge in [0, 0.05) is 12.5 Å². The van der Waals surface area contributed by atoms with Gasteiger partial charge in [0.05, 0.1) is 28.8 Å². The second-order valence-corrected chi connectivity index (χ2v) is 9.01. The normalized spacial score (nSPS) is 15.0. The van der Waals surface area contributed by atoms with Gasteiger partial charge in [0.15, 0.2) is 0 Å². The van der Waals surface area contributed by atoms with Crippen molar-refractivity contribution in [3.05, 3.63) is 80.4 Å². The molecule has 3 aromatic rings. The number of anilines is 1. The van der Waals surface area contributed by atoms with E-state index >= 15 is 0 Å². The molecule has 7 nitrogen and oxygen atoms in total. The molecule has 0 spiro atoms. The molecule has 1 aromatic heterocycles. The summed E-state index contributed by atoms with van der Waals surface area (Å²) in [4.78, 5) is 27.5. The summed E-state index contributed by atoms with van der Waals surface area (Å²) < 4.78 is 3.33. The first-order valence-corrected chi connectivity index (χ1v) is 11.9. The van der Waals surface area contributed by atoms with Crippen LogP contribution in [0.2, 0.25) is 10.0 Å². The summed E-state index contributed by atoms with van der Waals surface area (Å²) in [6, 6.07) is 15.0. The van der Waals surface area contributed by atoms with Gasteiger partial charge in [-0.1, -0.05) is 59.6 Å². The Morgan fingerprint density at radius 3 is 2.52 bits per heavy atom. The SMILES string of the molecule is CCn1c(C2CCN(CC(=O)Nc3cccc(Cl)c3Cl)CC2)nn(Cc2ccccc2)c1=O. The Balaban J connectivity index is 1.37. The number of hydrogen-bond donors (Lipinski definition) is 1. The predicted molar refractivity (Wildman–Crippen MR) is 131 cm³/mol. The van der Waals surface area contributed by atoms with Crippen LogP contribution in [0, 0.1) is 0 Å². The van der Waals surface area contributed by atoms with E-state index in [-0.39, 0.29) is 24.1 Å². The third-order valence-electron chi connectivity index (χ3n) is 5.99. The molecule has 0 unspecified atom stereocenters. The Morgan fingerprint density at radius 1 is 1.09 bits per heavy atom. The zero-order chi connectivity index (χ0) is 23.4. The van der Waals surface area contributed by atoms with Gasteiger partial charge in [-0.15, -0.1) is 0 Å². The third-order valence-corrected chi connectivity index (χ3v) is 6.81. The molecular formula is C24H27Cl2N5O2. The van der Waals surface area contributed by atoms with Crippen LogP contribution in [0.4, 0.5) is 5.69 Å². The van der Waals surface area contributed by atoms with Crippen molar-refractivity contribution in [2.24, 2.45) is 0 Å². The highest BCUT2D eigenvalue weighted by atomic mass is 35.5. The number of carbonyl (C=O) groups is 1. The topological polar surface area (TPSA) is 72.2 Å². The zero-order valence-corrected chi connectivity index (χ0v) is 20.0. The first-order valence-electron chi connectivity index (χ1n) is 11.1. The molecule has 0 bridgehead atoms. The number of likely N-dealkylation sites (tertiary alicyclic amines) is 1. The number of aromatic nitrogens is 3. The lowest BCUT2D eigenvalue weighted by Crippen LogP contribution is -2.39. The van der Waals surface area contributed by atoms with E-state index in [1.807, 2.05) is 37.3 Å². The zero-order valence-electron chi connectivity index (χ0n) is 18.5. The van der Waals surface area contributed by atoms with Crippen LogP contribution in [-0.4, -0.2) is 44.8 Å². The summed E-state index contributed by atoms with van der Waals surface area (Å²) in [5.41, 5.74) is 1.49. The minimum absolute atomic E-state index is 0.0726. The summed E-state index contributed by atoms with van der Waals surface area (Å²) in [6.45, 7) is 4.81. The second kappa shape index (κ2) is 10.5. The molecule has 1 N–H and O–H groups in total. The number of nitrogens with zero attached hydrogens (tertiary/aromatic N) is 4. The minimum Gasteiger partial charge on any atom is -0.324 e. The number of hydrogen-bond acceptors (Lipinski definition) is 4. The highest BCUT2D eigenvalue weighted by Crippen LogP contribution is 2.30. The second-order valence-electron chi connectivity index (χ2n) is 8.23. The Morgan fingerprint density at radius 2 is 1.82 bits per heavy atom. The van der Waals surface area contributed by atoms with Crippen molar-refractivity contribution in [3.63, 3.8) is 0 Å². The number of benzene rings is 2. The maximum atomic E-state index is 12.9. The molecule has 4 rings (SSSR count). The molecule has 2 heterocycles. The predicted octanol–water partition coefficient (Wildman–Crippen LogP) is 4.24. The van der Waals surface area contributed by atoms with Gasteiger partial charge >= 0.3 is 5.69 Å². The van der Waals surface area contributed by atoms with Crippen LogP contribution in [-0.2, 0) is 17.9 Å². The van der Waals surface area contributed by atoms with Crippen LogP contribution in [0.25, 0.3) is 0 Å². The molecule has 0 atom stereocenters. The molecule has 0 radical (unpaired) electrons. The molecule has 1 fully saturated rings. The molecule has 174 valence electrons. The third kappa shape index (κ3) is 5.49. The average Bonchev–Trinajstić information content (AvgIpc) is 3.13. The molecule has 1 aliphatic rings. The van der Waals surface area contributed by atoms with Crippen LogP contribution in [0.5, 0.6) is 0 Å². The maximum Gasteiger partial charge on any atom is 0.346 e. The highest BCUT2D eigenvalue weighted by molar-refractivity contribution is 6.44. The quantitative estimate of drug-likeness (QED) is 0.540. The van der Waals surface area contributed by atoms with E-state index in [2.05, 4.69) is 10.2 Å². The van der Waals surface area contributed by atoms with Crippen LogP contribution in [0.15, 0.2) is 53.3 Å².